The summed E-state index contributed by atoms with van der Waals surface area (Å²) in [5.74, 6) is 0. The van der Waals surface area contributed by atoms with Crippen molar-refractivity contribution in [2.75, 3.05) is 19.6 Å². The van der Waals surface area contributed by atoms with Crippen LogP contribution in [0.2, 0.25) is 0 Å². The number of carbonyl (C=O) groups excluding carboxylic acids is 1. The normalized spacial score (nSPS) is 21.7. The van der Waals surface area contributed by atoms with E-state index in [-0.39, 0.29) is 12.1 Å². The lowest BCUT2D eigenvalue weighted by Gasteiger charge is -2.36. The summed E-state index contributed by atoms with van der Waals surface area (Å²) < 4.78 is 5.30. The number of thiocarbonyl (C=S) groups is 1. The Labute approximate surface area is 101 Å². The fourth-order valence-corrected chi connectivity index (χ4v) is 1.71. The Kier molecular flexibility index (Phi) is 4.09. The third-order valence-corrected chi connectivity index (χ3v) is 2.47. The largest absolute Gasteiger partial charge is 0.444 e. The lowest BCUT2D eigenvalue weighted by atomic mass is 10.2. The van der Waals surface area contributed by atoms with Crippen molar-refractivity contribution in [3.63, 3.8) is 0 Å². The maximum Gasteiger partial charge on any atom is 0.410 e. The molecule has 0 bridgehead atoms. The maximum absolute atomic E-state index is 11.9. The third-order valence-electron chi connectivity index (χ3n) is 2.20. The third kappa shape index (κ3) is 3.61. The lowest BCUT2D eigenvalue weighted by molar-refractivity contribution is 0.0184. The van der Waals surface area contributed by atoms with Crippen LogP contribution in [-0.2, 0) is 4.74 Å². The molecular weight excluding hydrogens is 226 g/mol. The summed E-state index contributed by atoms with van der Waals surface area (Å²) >= 11 is 4.94. The van der Waals surface area contributed by atoms with Gasteiger partial charge < -0.3 is 15.8 Å². The van der Waals surface area contributed by atoms with Crippen molar-refractivity contribution in [2.24, 2.45) is 5.73 Å². The predicted molar refractivity (Wildman–Crippen MR) is 66.4 cm³/mol. The van der Waals surface area contributed by atoms with Crippen molar-refractivity contribution < 1.29 is 9.53 Å². The van der Waals surface area contributed by atoms with Gasteiger partial charge in [-0.1, -0.05) is 12.2 Å². The fraction of sp³-hybridized carbons (Fsp3) is 0.800. The monoisotopic (exact) mass is 245 g/mol. The smallest absolute Gasteiger partial charge is 0.410 e. The van der Waals surface area contributed by atoms with E-state index >= 15 is 0 Å². The molecule has 1 heterocycles. The predicted octanol–water partition coefficient (Wildman–Crippen LogP) is 0.481. The molecule has 0 aliphatic carbocycles. The molecule has 92 valence electrons. The van der Waals surface area contributed by atoms with Gasteiger partial charge in [0.05, 0.1) is 11.0 Å². The van der Waals surface area contributed by atoms with Crippen LogP contribution in [0.1, 0.15) is 20.8 Å². The second-order valence-corrected chi connectivity index (χ2v) is 5.27. The number of rotatable bonds is 1. The molecule has 3 N–H and O–H groups in total. The van der Waals surface area contributed by atoms with Crippen molar-refractivity contribution in [1.82, 2.24) is 10.2 Å². The first-order valence-electron chi connectivity index (χ1n) is 5.31. The standard InChI is InChI=1S/C10H19N3O2S/c1-10(2,3)15-9(14)13-5-4-12-6-7(13)8(11)16/h7,12H,4-6H2,1-3H3,(H2,11,16). The van der Waals surface area contributed by atoms with E-state index in [1.54, 1.807) is 4.90 Å². The summed E-state index contributed by atoms with van der Waals surface area (Å²) in [6, 6.07) is -0.251. The molecule has 0 radical (unpaired) electrons. The molecule has 0 aromatic carbocycles. The van der Waals surface area contributed by atoms with Gasteiger partial charge in [0.1, 0.15) is 5.60 Å². The highest BCUT2D eigenvalue weighted by Crippen LogP contribution is 2.13. The number of nitrogens with one attached hydrogen (secondary N) is 1. The van der Waals surface area contributed by atoms with Crippen molar-refractivity contribution in [3.8, 4) is 0 Å². The van der Waals surface area contributed by atoms with Gasteiger partial charge in [-0.05, 0) is 20.8 Å². The molecule has 1 atom stereocenters. The Morgan fingerprint density at radius 1 is 1.56 bits per heavy atom. The maximum atomic E-state index is 11.9. The van der Waals surface area contributed by atoms with Gasteiger partial charge in [0.15, 0.2) is 0 Å². The van der Waals surface area contributed by atoms with Crippen LogP contribution in [0.4, 0.5) is 4.79 Å². The summed E-state index contributed by atoms with van der Waals surface area (Å²) in [7, 11) is 0. The minimum Gasteiger partial charge on any atom is -0.444 e. The molecule has 1 rings (SSSR count). The summed E-state index contributed by atoms with van der Waals surface area (Å²) in [6.45, 7) is 7.40. The van der Waals surface area contributed by atoms with Crippen LogP contribution in [0.3, 0.4) is 0 Å². The summed E-state index contributed by atoms with van der Waals surface area (Å²) in [5, 5.41) is 3.15. The molecule has 1 amide bonds. The highest BCUT2D eigenvalue weighted by Gasteiger charge is 2.31. The Morgan fingerprint density at radius 2 is 2.19 bits per heavy atom. The number of piperazine rings is 1. The van der Waals surface area contributed by atoms with Crippen molar-refractivity contribution in [3.05, 3.63) is 0 Å². The highest BCUT2D eigenvalue weighted by molar-refractivity contribution is 7.80. The number of nitrogens with two attached hydrogens (primary N) is 1. The number of ether oxygens (including phenoxy) is 1. The van der Waals surface area contributed by atoms with Gasteiger partial charge in [-0.3, -0.25) is 4.90 Å². The van der Waals surface area contributed by atoms with Crippen LogP contribution in [0.5, 0.6) is 0 Å². The zero-order valence-corrected chi connectivity index (χ0v) is 10.8. The van der Waals surface area contributed by atoms with E-state index in [1.807, 2.05) is 20.8 Å². The summed E-state index contributed by atoms with van der Waals surface area (Å²) in [6.07, 6.45) is -0.355. The van der Waals surface area contributed by atoms with Crippen LogP contribution in [0.15, 0.2) is 0 Å². The molecule has 1 saturated heterocycles. The van der Waals surface area contributed by atoms with Gasteiger partial charge in [0, 0.05) is 19.6 Å². The van der Waals surface area contributed by atoms with Crippen LogP contribution in [0.25, 0.3) is 0 Å². The number of hydrogen-bond donors (Lipinski definition) is 2. The molecule has 1 unspecified atom stereocenters. The van der Waals surface area contributed by atoms with Crippen molar-refractivity contribution >= 4 is 23.3 Å². The molecule has 6 heteroatoms. The van der Waals surface area contributed by atoms with Crippen LogP contribution in [0, 0.1) is 0 Å². The van der Waals surface area contributed by atoms with E-state index in [0.29, 0.717) is 18.1 Å². The van der Waals surface area contributed by atoms with E-state index in [1.165, 1.54) is 0 Å². The van der Waals surface area contributed by atoms with Gasteiger partial charge in [-0.25, -0.2) is 4.79 Å². The second kappa shape index (κ2) is 4.97. The van der Waals surface area contributed by atoms with Gasteiger partial charge in [-0.15, -0.1) is 0 Å². The molecule has 0 aromatic heterocycles. The Bertz CT molecular complexity index is 288. The first-order chi connectivity index (χ1) is 7.31. The van der Waals surface area contributed by atoms with Crippen LogP contribution in [-0.4, -0.2) is 47.3 Å². The number of nitrogens with zero attached hydrogens (tertiary/aromatic N) is 1. The topological polar surface area (TPSA) is 67.6 Å². The Hall–Kier alpha value is -0.880. The van der Waals surface area contributed by atoms with E-state index in [2.05, 4.69) is 5.32 Å². The van der Waals surface area contributed by atoms with E-state index in [4.69, 9.17) is 22.7 Å². The molecule has 5 nitrogen and oxygen atoms in total. The average molecular weight is 245 g/mol. The lowest BCUT2D eigenvalue weighted by Crippen LogP contribution is -2.59. The zero-order valence-electron chi connectivity index (χ0n) is 9.95. The summed E-state index contributed by atoms with van der Waals surface area (Å²) in [5.41, 5.74) is 5.10. The molecule has 0 aromatic rings. The Balaban J connectivity index is 2.68. The second-order valence-electron chi connectivity index (χ2n) is 4.80. The van der Waals surface area contributed by atoms with Crippen molar-refractivity contribution in [2.45, 2.75) is 32.4 Å². The molecule has 1 aliphatic heterocycles. The van der Waals surface area contributed by atoms with Gasteiger partial charge in [0.25, 0.3) is 0 Å². The average Bonchev–Trinajstić information content (AvgIpc) is 2.15. The van der Waals surface area contributed by atoms with E-state index in [0.717, 1.165) is 6.54 Å². The van der Waals surface area contributed by atoms with Crippen molar-refractivity contribution in [1.29, 1.82) is 0 Å². The van der Waals surface area contributed by atoms with Crippen LogP contribution >= 0.6 is 12.2 Å². The molecule has 0 saturated carbocycles. The number of hydrogen-bond acceptors (Lipinski definition) is 4. The highest BCUT2D eigenvalue weighted by atomic mass is 32.1. The van der Waals surface area contributed by atoms with Gasteiger partial charge in [-0.2, -0.15) is 0 Å². The molecule has 0 spiro atoms. The fourth-order valence-electron chi connectivity index (χ4n) is 1.50. The Morgan fingerprint density at radius 3 is 2.69 bits per heavy atom. The van der Waals surface area contributed by atoms with E-state index in [9.17, 15) is 4.79 Å². The molecule has 16 heavy (non-hydrogen) atoms. The molecule has 1 aliphatic rings. The molecule has 1 fully saturated rings. The minimum atomic E-state index is -0.497. The zero-order chi connectivity index (χ0) is 12.3. The van der Waals surface area contributed by atoms with Gasteiger partial charge >= 0.3 is 6.09 Å². The number of carbonyl (C=O) groups is 1. The van der Waals surface area contributed by atoms with Gasteiger partial charge in [0.2, 0.25) is 0 Å². The summed E-state index contributed by atoms with van der Waals surface area (Å²) in [4.78, 5) is 13.8. The SMILES string of the molecule is CC(C)(C)OC(=O)N1CCNCC1C(N)=S. The van der Waals surface area contributed by atoms with E-state index < -0.39 is 5.60 Å². The minimum absolute atomic E-state index is 0.251. The number of amides is 1. The first kappa shape index (κ1) is 13.2. The first-order valence-corrected chi connectivity index (χ1v) is 5.72. The van der Waals surface area contributed by atoms with Crippen LogP contribution < -0.4 is 11.1 Å². The molecular formula is C10H19N3O2S. The quantitative estimate of drug-likeness (QED) is 0.658.